The molecule has 12 aromatic rings. The summed E-state index contributed by atoms with van der Waals surface area (Å²) >= 11 is 0. The van der Waals surface area contributed by atoms with E-state index in [1.54, 1.807) is 0 Å². The second kappa shape index (κ2) is 10.3. The summed E-state index contributed by atoms with van der Waals surface area (Å²) in [6.45, 7) is 0. The molecule has 52 heavy (non-hydrogen) atoms. The van der Waals surface area contributed by atoms with Crippen LogP contribution in [0.25, 0.3) is 110 Å². The lowest BCUT2D eigenvalue weighted by molar-refractivity contribution is 1.08. The van der Waals surface area contributed by atoms with Crippen molar-refractivity contribution in [3.63, 3.8) is 0 Å². The third kappa shape index (κ3) is 3.65. The number of para-hydroxylation sites is 3. The molecule has 0 spiro atoms. The van der Waals surface area contributed by atoms with Gasteiger partial charge in [0.15, 0.2) is 5.82 Å². The maximum absolute atomic E-state index is 5.51. The molecule has 0 bridgehead atoms. The number of hydrogen-bond acceptors (Lipinski definition) is 2. The van der Waals surface area contributed by atoms with Crippen LogP contribution in [0.4, 0.5) is 0 Å². The first-order valence-electron chi connectivity index (χ1n) is 17.8. The normalized spacial score (nSPS) is 12.2. The summed E-state index contributed by atoms with van der Waals surface area (Å²) in [5.74, 6) is 1.58. The van der Waals surface area contributed by atoms with Crippen molar-refractivity contribution < 1.29 is 0 Å². The van der Waals surface area contributed by atoms with Gasteiger partial charge in [0.05, 0.1) is 33.1 Å². The number of fused-ring (bicyclic) bond motifs is 13. The molecule has 4 aromatic heterocycles. The Labute approximate surface area is 297 Å². The fraction of sp³-hybridized carbons (Fsp3) is 0. The highest BCUT2D eigenvalue weighted by Gasteiger charge is 2.26. The lowest BCUT2D eigenvalue weighted by atomic mass is 10.0. The van der Waals surface area contributed by atoms with Crippen LogP contribution in [0.15, 0.2) is 170 Å². The first kappa shape index (κ1) is 27.7. The number of benzene rings is 8. The summed E-state index contributed by atoms with van der Waals surface area (Å²) in [7, 11) is 0. The standard InChI is InChI=1S/C48H28N4/c1-2-12-29(13-3-1)30-22-24-32(25-23-30)47-49-39-19-9-6-17-35(39)48(50-47)52-42-28-38-34-16-7-10-20-40(34)51-41-21-11-8-18-36(41)44(46(38)51)43(42)37-27-26-31-14-4-5-15-33(31)45(37)52/h1-28H. The van der Waals surface area contributed by atoms with Crippen LogP contribution in [0.3, 0.4) is 0 Å². The predicted octanol–water partition coefficient (Wildman–Crippen LogP) is 12.4. The topological polar surface area (TPSA) is 35.1 Å². The molecule has 0 aliphatic rings. The van der Waals surface area contributed by atoms with Crippen molar-refractivity contribution in [2.75, 3.05) is 0 Å². The minimum Gasteiger partial charge on any atom is -0.308 e. The van der Waals surface area contributed by atoms with Gasteiger partial charge < -0.3 is 4.40 Å². The molecule has 0 N–H and O–H groups in total. The zero-order chi connectivity index (χ0) is 33.9. The van der Waals surface area contributed by atoms with Crippen LogP contribution >= 0.6 is 0 Å². The average molecular weight is 661 g/mol. The molecule has 4 heteroatoms. The summed E-state index contributed by atoms with van der Waals surface area (Å²) in [6.07, 6.45) is 0. The zero-order valence-corrected chi connectivity index (χ0v) is 28.0. The lowest BCUT2D eigenvalue weighted by Crippen LogP contribution is -2.03. The van der Waals surface area contributed by atoms with Gasteiger partial charge in [0, 0.05) is 48.7 Å². The Morgan fingerprint density at radius 2 is 1.00 bits per heavy atom. The van der Waals surface area contributed by atoms with Gasteiger partial charge in [-0.25, -0.2) is 9.97 Å². The summed E-state index contributed by atoms with van der Waals surface area (Å²) < 4.78 is 4.90. The van der Waals surface area contributed by atoms with E-state index in [-0.39, 0.29) is 0 Å². The molecule has 0 atom stereocenters. The smallest absolute Gasteiger partial charge is 0.162 e. The fourth-order valence-electron chi connectivity index (χ4n) is 8.79. The Morgan fingerprint density at radius 3 is 1.83 bits per heavy atom. The molecule has 8 aromatic carbocycles. The SMILES string of the molecule is c1ccc(-c2ccc(-c3nc(-n4c5cc6c7ccccc7n7c8ccccc8c(c5c5ccc8ccccc8c54)c67)c4ccccc4n3)cc2)cc1. The lowest BCUT2D eigenvalue weighted by Gasteiger charge is -2.14. The maximum atomic E-state index is 5.51. The average Bonchev–Trinajstić information content (AvgIpc) is 3.85. The number of hydrogen-bond donors (Lipinski definition) is 0. The van der Waals surface area contributed by atoms with E-state index >= 15 is 0 Å². The molecular weight excluding hydrogens is 633 g/mol. The first-order chi connectivity index (χ1) is 25.8. The van der Waals surface area contributed by atoms with Crippen molar-refractivity contribution in [1.29, 1.82) is 0 Å². The third-order valence-electron chi connectivity index (χ3n) is 11.0. The molecular formula is C48H28N4. The summed E-state index contributed by atoms with van der Waals surface area (Å²) in [5.41, 5.74) is 10.3. The van der Waals surface area contributed by atoms with Gasteiger partial charge in [-0.3, -0.25) is 4.57 Å². The minimum absolute atomic E-state index is 0.705. The molecule has 0 saturated heterocycles. The van der Waals surface area contributed by atoms with Gasteiger partial charge in [0.1, 0.15) is 5.82 Å². The second-order valence-electron chi connectivity index (χ2n) is 13.8. The number of rotatable bonds is 3. The molecule has 0 amide bonds. The Hall–Kier alpha value is -7.04. The summed E-state index contributed by atoms with van der Waals surface area (Å²) in [5, 5.41) is 10.9. The van der Waals surface area contributed by atoms with Gasteiger partial charge in [0.25, 0.3) is 0 Å². The predicted molar refractivity (Wildman–Crippen MR) is 217 cm³/mol. The van der Waals surface area contributed by atoms with E-state index in [0.29, 0.717) is 5.82 Å². The van der Waals surface area contributed by atoms with Gasteiger partial charge in [0.2, 0.25) is 0 Å². The second-order valence-corrected chi connectivity index (χ2v) is 13.8. The molecule has 0 aliphatic heterocycles. The van der Waals surface area contributed by atoms with Crippen LogP contribution in [0.1, 0.15) is 0 Å². The zero-order valence-electron chi connectivity index (χ0n) is 28.0. The molecule has 4 nitrogen and oxygen atoms in total. The van der Waals surface area contributed by atoms with E-state index in [1.807, 2.05) is 0 Å². The van der Waals surface area contributed by atoms with Crippen LogP contribution in [0.5, 0.6) is 0 Å². The van der Waals surface area contributed by atoms with Crippen LogP contribution in [-0.4, -0.2) is 18.9 Å². The van der Waals surface area contributed by atoms with Gasteiger partial charge in [-0.2, -0.15) is 0 Å². The highest BCUT2D eigenvalue weighted by atomic mass is 15.1. The molecule has 0 fully saturated rings. The van der Waals surface area contributed by atoms with Gasteiger partial charge >= 0.3 is 0 Å². The van der Waals surface area contributed by atoms with Gasteiger partial charge in [-0.05, 0) is 46.8 Å². The van der Waals surface area contributed by atoms with Crippen LogP contribution < -0.4 is 0 Å². The molecule has 4 heterocycles. The Morgan fingerprint density at radius 1 is 0.365 bits per heavy atom. The molecule has 0 unspecified atom stereocenters. The maximum Gasteiger partial charge on any atom is 0.162 e. The van der Waals surface area contributed by atoms with E-state index in [0.717, 1.165) is 33.3 Å². The van der Waals surface area contributed by atoms with Crippen LogP contribution in [-0.2, 0) is 0 Å². The molecule has 0 saturated carbocycles. The molecule has 0 radical (unpaired) electrons. The Bertz CT molecular complexity index is 3390. The van der Waals surface area contributed by atoms with Crippen LogP contribution in [0.2, 0.25) is 0 Å². The molecule has 0 aliphatic carbocycles. The monoisotopic (exact) mass is 660 g/mol. The van der Waals surface area contributed by atoms with Crippen molar-refractivity contribution >= 4 is 81.6 Å². The van der Waals surface area contributed by atoms with Crippen molar-refractivity contribution in [3.8, 4) is 28.3 Å². The van der Waals surface area contributed by atoms with E-state index in [2.05, 4.69) is 179 Å². The Balaban J connectivity index is 1.26. The van der Waals surface area contributed by atoms with E-state index in [9.17, 15) is 0 Å². The minimum atomic E-state index is 0.705. The summed E-state index contributed by atoms with van der Waals surface area (Å²) in [4.78, 5) is 10.7. The van der Waals surface area contributed by atoms with E-state index < -0.39 is 0 Å². The number of nitrogens with zero attached hydrogens (tertiary/aromatic N) is 4. The molecule has 240 valence electrons. The van der Waals surface area contributed by atoms with E-state index in [1.165, 1.54) is 70.8 Å². The van der Waals surface area contributed by atoms with Crippen molar-refractivity contribution in [2.45, 2.75) is 0 Å². The van der Waals surface area contributed by atoms with Gasteiger partial charge in [-0.15, -0.1) is 0 Å². The third-order valence-corrected chi connectivity index (χ3v) is 11.0. The number of aromatic nitrogens is 4. The van der Waals surface area contributed by atoms with Gasteiger partial charge in [-0.1, -0.05) is 140 Å². The largest absolute Gasteiger partial charge is 0.308 e. The quantitative estimate of drug-likeness (QED) is 0.189. The fourth-order valence-corrected chi connectivity index (χ4v) is 8.79. The Kier molecular flexibility index (Phi) is 5.47. The van der Waals surface area contributed by atoms with Crippen LogP contribution in [0, 0.1) is 0 Å². The first-order valence-corrected chi connectivity index (χ1v) is 17.8. The van der Waals surface area contributed by atoms with Crippen molar-refractivity contribution in [2.24, 2.45) is 0 Å². The summed E-state index contributed by atoms with van der Waals surface area (Å²) in [6, 6.07) is 61.0. The van der Waals surface area contributed by atoms with Crippen molar-refractivity contribution in [1.82, 2.24) is 18.9 Å². The highest BCUT2D eigenvalue weighted by molar-refractivity contribution is 6.37. The van der Waals surface area contributed by atoms with E-state index in [4.69, 9.17) is 9.97 Å². The highest BCUT2D eigenvalue weighted by Crippen LogP contribution is 2.48. The van der Waals surface area contributed by atoms with Crippen molar-refractivity contribution in [3.05, 3.63) is 170 Å². The molecule has 12 rings (SSSR count).